The standard InChI is InChI=1S/C19H19N3O4S/c1-9-11(3)27-18(20-12(4)23)15(9)19(25)26-10(2)16-21-14-8-6-5-7-13(14)17(24)22-16/h5-8,10H,1-4H3,(H,20,23)(H,21,22,24)/t10-/m0/s1. The van der Waals surface area contributed by atoms with E-state index in [2.05, 4.69) is 15.3 Å². The van der Waals surface area contributed by atoms with E-state index in [9.17, 15) is 14.4 Å². The van der Waals surface area contributed by atoms with E-state index in [1.165, 1.54) is 18.3 Å². The van der Waals surface area contributed by atoms with Crippen LogP contribution in [0.3, 0.4) is 0 Å². The fourth-order valence-corrected chi connectivity index (χ4v) is 3.79. The number of esters is 1. The van der Waals surface area contributed by atoms with Gasteiger partial charge in [0.2, 0.25) is 5.91 Å². The monoisotopic (exact) mass is 385 g/mol. The molecule has 140 valence electrons. The third-order valence-corrected chi connectivity index (χ3v) is 5.30. The number of aromatic nitrogens is 2. The van der Waals surface area contributed by atoms with Crippen LogP contribution in [-0.2, 0) is 9.53 Å². The number of aryl methyl sites for hydroxylation is 1. The number of carbonyl (C=O) groups is 2. The highest BCUT2D eigenvalue weighted by Crippen LogP contribution is 2.34. The van der Waals surface area contributed by atoms with Crippen LogP contribution >= 0.6 is 11.3 Å². The molecule has 0 unspecified atom stereocenters. The Labute approximate surface area is 159 Å². The van der Waals surface area contributed by atoms with E-state index in [1.54, 1.807) is 38.1 Å². The summed E-state index contributed by atoms with van der Waals surface area (Å²) in [5.41, 5.74) is 1.31. The highest BCUT2D eigenvalue weighted by molar-refractivity contribution is 7.16. The summed E-state index contributed by atoms with van der Waals surface area (Å²) in [6, 6.07) is 6.95. The van der Waals surface area contributed by atoms with Gasteiger partial charge in [-0.05, 0) is 38.5 Å². The Kier molecular flexibility index (Phi) is 5.09. The smallest absolute Gasteiger partial charge is 0.342 e. The van der Waals surface area contributed by atoms with Crippen molar-refractivity contribution >= 4 is 39.1 Å². The zero-order valence-electron chi connectivity index (χ0n) is 15.4. The van der Waals surface area contributed by atoms with Gasteiger partial charge in [0, 0.05) is 11.8 Å². The zero-order chi connectivity index (χ0) is 19.7. The van der Waals surface area contributed by atoms with Crippen LogP contribution in [-0.4, -0.2) is 21.8 Å². The number of rotatable bonds is 4. The molecule has 0 aliphatic heterocycles. The first-order chi connectivity index (χ1) is 12.8. The van der Waals surface area contributed by atoms with Gasteiger partial charge in [-0.2, -0.15) is 0 Å². The molecule has 2 N–H and O–H groups in total. The number of anilines is 1. The molecule has 3 aromatic rings. The number of hydrogen-bond donors (Lipinski definition) is 2. The van der Waals surface area contributed by atoms with Crippen molar-refractivity contribution in [1.82, 2.24) is 9.97 Å². The van der Waals surface area contributed by atoms with Crippen molar-refractivity contribution in [2.45, 2.75) is 33.8 Å². The molecule has 2 aromatic heterocycles. The lowest BCUT2D eigenvalue weighted by Gasteiger charge is -2.14. The minimum atomic E-state index is -0.764. The fourth-order valence-electron chi connectivity index (χ4n) is 2.69. The lowest BCUT2D eigenvalue weighted by molar-refractivity contribution is -0.114. The van der Waals surface area contributed by atoms with Gasteiger partial charge in [-0.3, -0.25) is 9.59 Å². The number of para-hydroxylation sites is 1. The second-order valence-electron chi connectivity index (χ2n) is 6.18. The summed E-state index contributed by atoms with van der Waals surface area (Å²) in [5, 5.41) is 3.59. The van der Waals surface area contributed by atoms with E-state index in [-0.39, 0.29) is 17.3 Å². The minimum absolute atomic E-state index is 0.262. The van der Waals surface area contributed by atoms with E-state index < -0.39 is 12.1 Å². The lowest BCUT2D eigenvalue weighted by atomic mass is 10.1. The van der Waals surface area contributed by atoms with Gasteiger partial charge < -0.3 is 15.0 Å². The van der Waals surface area contributed by atoms with Crippen LogP contribution in [0.5, 0.6) is 0 Å². The largest absolute Gasteiger partial charge is 0.451 e. The normalized spacial score (nSPS) is 12.0. The molecule has 7 nitrogen and oxygen atoms in total. The number of nitrogens with one attached hydrogen (secondary N) is 2. The van der Waals surface area contributed by atoms with Gasteiger partial charge in [-0.1, -0.05) is 12.1 Å². The topological polar surface area (TPSA) is 101 Å². The van der Waals surface area contributed by atoms with E-state index in [4.69, 9.17) is 4.74 Å². The van der Waals surface area contributed by atoms with E-state index in [1.807, 2.05) is 6.92 Å². The molecule has 1 aromatic carbocycles. The summed E-state index contributed by atoms with van der Waals surface area (Å²) in [5.74, 6) is -0.583. The second kappa shape index (κ2) is 7.32. The lowest BCUT2D eigenvalue weighted by Crippen LogP contribution is -2.18. The van der Waals surface area contributed by atoms with E-state index >= 15 is 0 Å². The van der Waals surface area contributed by atoms with Crippen LogP contribution in [0.15, 0.2) is 29.1 Å². The molecule has 0 aliphatic carbocycles. The average Bonchev–Trinajstić information content (AvgIpc) is 2.87. The van der Waals surface area contributed by atoms with Gasteiger partial charge in [0.05, 0.1) is 16.5 Å². The molecule has 0 fully saturated rings. The molecular formula is C19H19N3O4S. The predicted octanol–water partition coefficient (Wildman–Crippen LogP) is 3.48. The summed E-state index contributed by atoms with van der Waals surface area (Å²) in [6.07, 6.45) is -0.764. The Morgan fingerprint density at radius 3 is 2.67 bits per heavy atom. The van der Waals surface area contributed by atoms with Crippen LogP contribution in [0.25, 0.3) is 10.9 Å². The number of thiophene rings is 1. The van der Waals surface area contributed by atoms with Gasteiger partial charge in [-0.25, -0.2) is 9.78 Å². The van der Waals surface area contributed by atoms with Gasteiger partial charge >= 0.3 is 5.97 Å². The Balaban J connectivity index is 1.91. The van der Waals surface area contributed by atoms with Crippen molar-refractivity contribution in [1.29, 1.82) is 0 Å². The first kappa shape index (κ1) is 18.8. The molecular weight excluding hydrogens is 366 g/mol. The van der Waals surface area contributed by atoms with Crippen molar-refractivity contribution in [3.8, 4) is 0 Å². The van der Waals surface area contributed by atoms with Crippen LogP contribution in [0.4, 0.5) is 5.00 Å². The zero-order valence-corrected chi connectivity index (χ0v) is 16.2. The van der Waals surface area contributed by atoms with E-state index in [0.717, 1.165) is 10.4 Å². The van der Waals surface area contributed by atoms with Crippen LogP contribution in [0, 0.1) is 13.8 Å². The Morgan fingerprint density at radius 1 is 1.26 bits per heavy atom. The number of amides is 1. The van der Waals surface area contributed by atoms with Crippen molar-refractivity contribution in [2.24, 2.45) is 0 Å². The van der Waals surface area contributed by atoms with Crippen molar-refractivity contribution in [3.05, 3.63) is 56.4 Å². The number of H-pyrrole nitrogens is 1. The molecule has 8 heteroatoms. The number of benzene rings is 1. The number of fused-ring (bicyclic) bond motifs is 1. The highest BCUT2D eigenvalue weighted by Gasteiger charge is 2.24. The van der Waals surface area contributed by atoms with Crippen molar-refractivity contribution in [3.63, 3.8) is 0 Å². The first-order valence-corrected chi connectivity index (χ1v) is 9.17. The van der Waals surface area contributed by atoms with Gasteiger partial charge in [0.1, 0.15) is 5.00 Å². The fraction of sp³-hybridized carbons (Fsp3) is 0.263. The number of aromatic amines is 1. The SMILES string of the molecule is CC(=O)Nc1sc(C)c(C)c1C(=O)O[C@@H](C)c1nc2ccccc2c(=O)[nH]1. The summed E-state index contributed by atoms with van der Waals surface area (Å²) in [6.45, 7) is 6.69. The summed E-state index contributed by atoms with van der Waals surface area (Å²) < 4.78 is 5.53. The van der Waals surface area contributed by atoms with Crippen molar-refractivity contribution < 1.29 is 14.3 Å². The molecule has 0 spiro atoms. The molecule has 0 saturated heterocycles. The maximum Gasteiger partial charge on any atom is 0.342 e. The average molecular weight is 385 g/mol. The third-order valence-electron chi connectivity index (χ3n) is 4.18. The second-order valence-corrected chi connectivity index (χ2v) is 7.41. The molecule has 27 heavy (non-hydrogen) atoms. The van der Waals surface area contributed by atoms with Crippen LogP contribution in [0.1, 0.15) is 46.6 Å². The number of hydrogen-bond acceptors (Lipinski definition) is 6. The molecule has 3 rings (SSSR count). The summed E-state index contributed by atoms with van der Waals surface area (Å²) in [4.78, 5) is 44.3. The Bertz CT molecular complexity index is 1100. The molecule has 1 atom stereocenters. The Morgan fingerprint density at radius 2 is 1.96 bits per heavy atom. The van der Waals surface area contributed by atoms with Crippen LogP contribution in [0.2, 0.25) is 0 Å². The van der Waals surface area contributed by atoms with Crippen molar-refractivity contribution in [2.75, 3.05) is 5.32 Å². The number of nitrogens with zero attached hydrogens (tertiary/aromatic N) is 1. The molecule has 0 saturated carbocycles. The minimum Gasteiger partial charge on any atom is -0.451 e. The molecule has 1 amide bonds. The number of ether oxygens (including phenoxy) is 1. The summed E-state index contributed by atoms with van der Waals surface area (Å²) in [7, 11) is 0. The van der Waals surface area contributed by atoms with Gasteiger partial charge in [-0.15, -0.1) is 11.3 Å². The van der Waals surface area contributed by atoms with Crippen LogP contribution < -0.4 is 10.9 Å². The highest BCUT2D eigenvalue weighted by atomic mass is 32.1. The summed E-state index contributed by atoms with van der Waals surface area (Å²) >= 11 is 1.32. The molecule has 0 radical (unpaired) electrons. The van der Waals surface area contributed by atoms with Gasteiger partial charge in [0.15, 0.2) is 11.9 Å². The molecule has 0 bridgehead atoms. The maximum absolute atomic E-state index is 12.7. The first-order valence-electron chi connectivity index (χ1n) is 8.35. The maximum atomic E-state index is 12.7. The number of carbonyl (C=O) groups excluding carboxylic acids is 2. The predicted molar refractivity (Wildman–Crippen MR) is 104 cm³/mol. The van der Waals surface area contributed by atoms with E-state index in [0.29, 0.717) is 21.5 Å². The molecule has 2 heterocycles. The third kappa shape index (κ3) is 3.75. The molecule has 0 aliphatic rings. The Hall–Kier alpha value is -3.00. The van der Waals surface area contributed by atoms with Gasteiger partial charge in [0.25, 0.3) is 5.56 Å². The quantitative estimate of drug-likeness (QED) is 0.670.